The maximum Gasteiger partial charge on any atom is 0.337 e. The van der Waals surface area contributed by atoms with Gasteiger partial charge < -0.3 is 9.84 Å². The summed E-state index contributed by atoms with van der Waals surface area (Å²) in [6, 6.07) is 13.8. The van der Waals surface area contributed by atoms with Crippen molar-refractivity contribution < 1.29 is 18.8 Å². The summed E-state index contributed by atoms with van der Waals surface area (Å²) in [5.41, 5.74) is 0.919. The molecule has 1 atom stereocenters. The van der Waals surface area contributed by atoms with Crippen LogP contribution in [0.4, 0.5) is 0 Å². The summed E-state index contributed by atoms with van der Waals surface area (Å²) >= 11 is 5.77. The van der Waals surface area contributed by atoms with Gasteiger partial charge in [0.25, 0.3) is 0 Å². The summed E-state index contributed by atoms with van der Waals surface area (Å²) in [5.74, 6) is -1.15. The third-order valence-corrected chi connectivity index (χ3v) is 4.22. The molecule has 0 aliphatic rings. The van der Waals surface area contributed by atoms with Crippen LogP contribution in [0, 0.1) is 0 Å². The van der Waals surface area contributed by atoms with E-state index in [1.807, 2.05) is 30.3 Å². The Morgan fingerprint density at radius 3 is 2.57 bits per heavy atom. The minimum Gasteiger partial charge on any atom is -0.478 e. The lowest BCUT2D eigenvalue weighted by Crippen LogP contribution is -2.05. The minimum absolute atomic E-state index is 0.00438. The fraction of sp³-hybridized carbons (Fsp3) is 0.133. The van der Waals surface area contributed by atoms with E-state index in [4.69, 9.17) is 21.4 Å². The van der Waals surface area contributed by atoms with Crippen LogP contribution in [0.2, 0.25) is 5.02 Å². The average molecular weight is 325 g/mol. The van der Waals surface area contributed by atoms with Crippen LogP contribution in [0.15, 0.2) is 53.4 Å². The monoisotopic (exact) mass is 324 g/mol. The Morgan fingerprint density at radius 1 is 1.19 bits per heavy atom. The third kappa shape index (κ3) is 4.39. The smallest absolute Gasteiger partial charge is 0.337 e. The number of carboxylic acid groups (broad SMARTS) is 1. The first kappa shape index (κ1) is 15.7. The van der Waals surface area contributed by atoms with Gasteiger partial charge in [0.15, 0.2) is 0 Å². The number of aromatic carboxylic acids is 1. The molecule has 0 saturated heterocycles. The van der Waals surface area contributed by atoms with Crippen LogP contribution in [0.25, 0.3) is 0 Å². The maximum atomic E-state index is 12.1. The lowest BCUT2D eigenvalue weighted by atomic mass is 10.2. The SMILES string of the molecule is O=C(O)c1cc(S(=O)COCc2ccccc2)ccc1Cl. The van der Waals surface area contributed by atoms with Crippen molar-refractivity contribution in [1.82, 2.24) is 0 Å². The molecule has 0 radical (unpaired) electrons. The molecule has 2 rings (SSSR count). The topological polar surface area (TPSA) is 63.6 Å². The number of carbonyl (C=O) groups is 1. The first-order valence-corrected chi connectivity index (χ1v) is 7.80. The summed E-state index contributed by atoms with van der Waals surface area (Å²) in [5, 5.41) is 9.10. The number of rotatable bonds is 6. The molecule has 0 aromatic heterocycles. The number of ether oxygens (including phenoxy) is 1. The Hall–Kier alpha value is -1.69. The molecule has 0 bridgehead atoms. The highest BCUT2D eigenvalue weighted by molar-refractivity contribution is 7.84. The second kappa shape index (κ2) is 7.36. The highest BCUT2D eigenvalue weighted by Gasteiger charge is 2.12. The largest absolute Gasteiger partial charge is 0.478 e. The highest BCUT2D eigenvalue weighted by atomic mass is 35.5. The zero-order valence-electron chi connectivity index (χ0n) is 11.0. The predicted molar refractivity (Wildman–Crippen MR) is 80.9 cm³/mol. The van der Waals surface area contributed by atoms with Crippen LogP contribution in [0.3, 0.4) is 0 Å². The van der Waals surface area contributed by atoms with Gasteiger partial charge in [-0.1, -0.05) is 41.9 Å². The number of benzene rings is 2. The van der Waals surface area contributed by atoms with Gasteiger partial charge in [0.05, 0.1) is 28.0 Å². The quantitative estimate of drug-likeness (QED) is 0.885. The molecule has 0 aliphatic heterocycles. The van der Waals surface area contributed by atoms with Crippen molar-refractivity contribution in [2.45, 2.75) is 11.5 Å². The van der Waals surface area contributed by atoms with Crippen LogP contribution < -0.4 is 0 Å². The van der Waals surface area contributed by atoms with Crippen molar-refractivity contribution in [2.75, 3.05) is 5.94 Å². The first-order chi connectivity index (χ1) is 10.1. The van der Waals surface area contributed by atoms with Crippen molar-refractivity contribution in [1.29, 1.82) is 0 Å². The Labute approximate surface area is 129 Å². The lowest BCUT2D eigenvalue weighted by Gasteiger charge is -2.06. The molecule has 2 aromatic rings. The van der Waals surface area contributed by atoms with Gasteiger partial charge in [0.2, 0.25) is 0 Å². The van der Waals surface area contributed by atoms with Gasteiger partial charge in [-0.25, -0.2) is 4.79 Å². The molecule has 6 heteroatoms. The second-order valence-electron chi connectivity index (χ2n) is 4.24. The molecule has 0 fully saturated rings. The summed E-state index contributed by atoms with van der Waals surface area (Å²) in [6.07, 6.45) is 0. The molecule has 0 heterocycles. The fourth-order valence-corrected chi connectivity index (χ4v) is 2.73. The molecular formula is C15H13ClO4S. The molecule has 4 nitrogen and oxygen atoms in total. The molecule has 0 aliphatic carbocycles. The maximum absolute atomic E-state index is 12.1. The second-order valence-corrected chi connectivity index (χ2v) is 6.05. The van der Waals surface area contributed by atoms with E-state index in [2.05, 4.69) is 0 Å². The Morgan fingerprint density at radius 2 is 1.90 bits per heavy atom. The predicted octanol–water partition coefficient (Wildman–Crippen LogP) is 3.32. The van der Waals surface area contributed by atoms with E-state index in [-0.39, 0.29) is 16.5 Å². The van der Waals surface area contributed by atoms with Crippen LogP contribution >= 0.6 is 11.6 Å². The highest BCUT2D eigenvalue weighted by Crippen LogP contribution is 2.20. The van der Waals surface area contributed by atoms with Gasteiger partial charge in [-0.3, -0.25) is 4.21 Å². The van der Waals surface area contributed by atoms with Crippen LogP contribution in [-0.4, -0.2) is 21.2 Å². The normalized spacial score (nSPS) is 12.0. The molecule has 2 aromatic carbocycles. The molecular weight excluding hydrogens is 312 g/mol. The standard InChI is InChI=1S/C15H13ClO4S/c16-14-7-6-12(8-13(14)15(17)18)21(19)10-20-9-11-4-2-1-3-5-11/h1-8H,9-10H2,(H,17,18). The Balaban J connectivity index is 1.97. The van der Waals surface area contributed by atoms with Crippen LogP contribution in [0.5, 0.6) is 0 Å². The van der Waals surface area contributed by atoms with Gasteiger partial charge in [0, 0.05) is 4.90 Å². The summed E-state index contributed by atoms with van der Waals surface area (Å²) < 4.78 is 17.5. The minimum atomic E-state index is -1.44. The van der Waals surface area contributed by atoms with Crippen LogP contribution in [-0.2, 0) is 22.1 Å². The number of hydrogen-bond donors (Lipinski definition) is 1. The number of carboxylic acids is 1. The van der Waals surface area contributed by atoms with E-state index < -0.39 is 16.8 Å². The third-order valence-electron chi connectivity index (χ3n) is 2.73. The van der Waals surface area contributed by atoms with E-state index in [0.717, 1.165) is 5.56 Å². The van der Waals surface area contributed by atoms with Crippen molar-refractivity contribution in [2.24, 2.45) is 0 Å². The lowest BCUT2D eigenvalue weighted by molar-refractivity contribution is 0.0697. The van der Waals surface area contributed by atoms with Crippen molar-refractivity contribution in [3.8, 4) is 0 Å². The molecule has 0 amide bonds. The fourth-order valence-electron chi connectivity index (χ4n) is 1.69. The van der Waals surface area contributed by atoms with E-state index in [1.165, 1.54) is 18.2 Å². The molecule has 1 unspecified atom stereocenters. The number of halogens is 1. The number of hydrogen-bond acceptors (Lipinski definition) is 3. The molecule has 0 saturated carbocycles. The van der Waals surface area contributed by atoms with Crippen molar-refractivity contribution in [3.05, 3.63) is 64.7 Å². The van der Waals surface area contributed by atoms with Crippen molar-refractivity contribution in [3.63, 3.8) is 0 Å². The van der Waals surface area contributed by atoms with E-state index in [1.54, 1.807) is 0 Å². The van der Waals surface area contributed by atoms with E-state index >= 15 is 0 Å². The van der Waals surface area contributed by atoms with Crippen LogP contribution in [0.1, 0.15) is 15.9 Å². The summed E-state index contributed by atoms with van der Waals surface area (Å²) in [4.78, 5) is 11.4. The molecule has 110 valence electrons. The summed E-state index contributed by atoms with van der Waals surface area (Å²) in [6.45, 7) is 0.353. The summed E-state index contributed by atoms with van der Waals surface area (Å²) in [7, 11) is -1.44. The molecule has 0 spiro atoms. The van der Waals surface area contributed by atoms with Crippen molar-refractivity contribution >= 4 is 28.4 Å². The zero-order valence-corrected chi connectivity index (χ0v) is 12.6. The van der Waals surface area contributed by atoms with E-state index in [0.29, 0.717) is 11.5 Å². The Bertz CT molecular complexity index is 658. The van der Waals surface area contributed by atoms with Gasteiger partial charge in [-0.05, 0) is 23.8 Å². The molecule has 21 heavy (non-hydrogen) atoms. The van der Waals surface area contributed by atoms with Gasteiger partial charge in [-0.2, -0.15) is 0 Å². The van der Waals surface area contributed by atoms with E-state index in [9.17, 15) is 9.00 Å². The first-order valence-electron chi connectivity index (χ1n) is 6.11. The van der Waals surface area contributed by atoms with Gasteiger partial charge in [0.1, 0.15) is 5.94 Å². The molecule has 1 N–H and O–H groups in total. The average Bonchev–Trinajstić information content (AvgIpc) is 2.48. The van der Waals surface area contributed by atoms with Gasteiger partial charge >= 0.3 is 5.97 Å². The Kier molecular flexibility index (Phi) is 5.50. The van der Waals surface area contributed by atoms with Gasteiger partial charge in [-0.15, -0.1) is 0 Å². The zero-order chi connectivity index (χ0) is 15.2.